The van der Waals surface area contributed by atoms with Gasteiger partial charge in [0, 0.05) is 19.2 Å². The molecule has 0 bridgehead atoms. The Morgan fingerprint density at radius 1 is 1.39 bits per heavy atom. The molecule has 2 fully saturated rings. The zero-order valence-corrected chi connectivity index (χ0v) is 11.4. The Labute approximate surface area is 110 Å². The predicted octanol–water partition coefficient (Wildman–Crippen LogP) is 1.59. The lowest BCUT2D eigenvalue weighted by Gasteiger charge is -2.32. The van der Waals surface area contributed by atoms with E-state index in [0.717, 1.165) is 51.7 Å². The van der Waals surface area contributed by atoms with Gasteiger partial charge in [-0.3, -0.25) is 4.79 Å². The maximum absolute atomic E-state index is 11.9. The lowest BCUT2D eigenvalue weighted by atomic mass is 9.98. The fourth-order valence-electron chi connectivity index (χ4n) is 2.94. The second-order valence-corrected chi connectivity index (χ2v) is 5.51. The Bertz CT molecular complexity index is 269. The lowest BCUT2D eigenvalue weighted by Crippen LogP contribution is -2.50. The highest BCUT2D eigenvalue weighted by atomic mass is 16.5. The summed E-state index contributed by atoms with van der Waals surface area (Å²) in [7, 11) is 0. The van der Waals surface area contributed by atoms with Gasteiger partial charge in [0.15, 0.2) is 0 Å². The zero-order chi connectivity index (χ0) is 12.8. The van der Waals surface area contributed by atoms with E-state index in [0.29, 0.717) is 12.1 Å². The molecule has 2 N–H and O–H groups in total. The first-order chi connectivity index (χ1) is 8.79. The standard InChI is InChI=1S/C14H26N2O2/c1-2-5-12-10-11(7-9-18-12)16-13-6-3-4-8-15-14(13)17/h11-13,16H,2-10H2,1H3,(H,15,17). The summed E-state index contributed by atoms with van der Waals surface area (Å²) in [6.07, 6.45) is 7.99. The summed E-state index contributed by atoms with van der Waals surface area (Å²) >= 11 is 0. The molecule has 2 rings (SSSR count). The van der Waals surface area contributed by atoms with Crippen LogP contribution in [0.2, 0.25) is 0 Å². The van der Waals surface area contributed by atoms with E-state index in [1.807, 2.05) is 0 Å². The number of hydrogen-bond acceptors (Lipinski definition) is 3. The Hall–Kier alpha value is -0.610. The summed E-state index contributed by atoms with van der Waals surface area (Å²) in [5.41, 5.74) is 0. The van der Waals surface area contributed by atoms with Gasteiger partial charge in [0.25, 0.3) is 0 Å². The smallest absolute Gasteiger partial charge is 0.237 e. The molecule has 104 valence electrons. The molecule has 0 aromatic carbocycles. The highest BCUT2D eigenvalue weighted by Gasteiger charge is 2.27. The van der Waals surface area contributed by atoms with Gasteiger partial charge in [0.2, 0.25) is 5.91 Å². The number of rotatable bonds is 4. The molecule has 0 aromatic rings. The molecule has 0 aromatic heterocycles. The van der Waals surface area contributed by atoms with Gasteiger partial charge < -0.3 is 15.4 Å². The van der Waals surface area contributed by atoms with E-state index in [4.69, 9.17) is 4.74 Å². The summed E-state index contributed by atoms with van der Waals surface area (Å²) in [4.78, 5) is 11.9. The first-order valence-corrected chi connectivity index (χ1v) is 7.45. The van der Waals surface area contributed by atoms with Gasteiger partial charge in [-0.1, -0.05) is 13.3 Å². The fourth-order valence-corrected chi connectivity index (χ4v) is 2.94. The first-order valence-electron chi connectivity index (χ1n) is 7.45. The van der Waals surface area contributed by atoms with Crippen LogP contribution in [0.4, 0.5) is 0 Å². The largest absolute Gasteiger partial charge is 0.378 e. The zero-order valence-electron chi connectivity index (χ0n) is 11.4. The number of carbonyl (C=O) groups is 1. The topological polar surface area (TPSA) is 50.4 Å². The van der Waals surface area contributed by atoms with Crippen LogP contribution in [0.3, 0.4) is 0 Å². The molecule has 0 spiro atoms. The van der Waals surface area contributed by atoms with E-state index in [9.17, 15) is 4.79 Å². The SMILES string of the molecule is CCCC1CC(NC2CCCCNC2=O)CCO1. The number of hydrogen-bond donors (Lipinski definition) is 2. The third kappa shape index (κ3) is 3.95. The van der Waals surface area contributed by atoms with Gasteiger partial charge >= 0.3 is 0 Å². The van der Waals surface area contributed by atoms with Crippen LogP contribution in [0.1, 0.15) is 51.9 Å². The maximum Gasteiger partial charge on any atom is 0.237 e. The molecule has 0 aliphatic carbocycles. The van der Waals surface area contributed by atoms with Gasteiger partial charge in [-0.15, -0.1) is 0 Å². The average Bonchev–Trinajstić information content (AvgIpc) is 2.56. The Balaban J connectivity index is 1.81. The Morgan fingerprint density at radius 2 is 2.28 bits per heavy atom. The summed E-state index contributed by atoms with van der Waals surface area (Å²) in [6, 6.07) is 0.460. The summed E-state index contributed by atoms with van der Waals surface area (Å²) in [5.74, 6) is 0.186. The van der Waals surface area contributed by atoms with Crippen molar-refractivity contribution in [2.45, 2.75) is 70.1 Å². The molecule has 0 saturated carbocycles. The van der Waals surface area contributed by atoms with Crippen LogP contribution in [-0.4, -0.2) is 37.2 Å². The van der Waals surface area contributed by atoms with E-state index in [1.54, 1.807) is 0 Å². The quantitative estimate of drug-likeness (QED) is 0.801. The van der Waals surface area contributed by atoms with Gasteiger partial charge in [-0.25, -0.2) is 0 Å². The molecule has 3 atom stereocenters. The van der Waals surface area contributed by atoms with E-state index < -0.39 is 0 Å². The maximum atomic E-state index is 11.9. The van der Waals surface area contributed by atoms with Crippen LogP contribution in [0.25, 0.3) is 0 Å². The second-order valence-electron chi connectivity index (χ2n) is 5.51. The molecule has 3 unspecified atom stereocenters. The van der Waals surface area contributed by atoms with E-state index >= 15 is 0 Å². The molecular weight excluding hydrogens is 228 g/mol. The van der Waals surface area contributed by atoms with E-state index in [-0.39, 0.29) is 11.9 Å². The van der Waals surface area contributed by atoms with Crippen molar-refractivity contribution in [3.63, 3.8) is 0 Å². The third-order valence-corrected chi connectivity index (χ3v) is 3.95. The highest BCUT2D eigenvalue weighted by molar-refractivity contribution is 5.81. The Kier molecular flexibility index (Phi) is 5.45. The normalized spacial score (nSPS) is 33.8. The van der Waals surface area contributed by atoms with Crippen LogP contribution >= 0.6 is 0 Å². The summed E-state index contributed by atoms with van der Waals surface area (Å²) in [5, 5.41) is 6.53. The molecule has 2 aliphatic rings. The van der Waals surface area contributed by atoms with Crippen LogP contribution in [0.5, 0.6) is 0 Å². The molecule has 18 heavy (non-hydrogen) atoms. The minimum absolute atomic E-state index is 0.0119. The molecule has 2 aliphatic heterocycles. The third-order valence-electron chi connectivity index (χ3n) is 3.95. The average molecular weight is 254 g/mol. The summed E-state index contributed by atoms with van der Waals surface area (Å²) in [6.45, 7) is 3.86. The van der Waals surface area contributed by atoms with Crippen molar-refractivity contribution >= 4 is 5.91 Å². The van der Waals surface area contributed by atoms with Crippen LogP contribution in [0, 0.1) is 0 Å². The van der Waals surface area contributed by atoms with E-state index in [2.05, 4.69) is 17.6 Å². The highest BCUT2D eigenvalue weighted by Crippen LogP contribution is 2.19. The number of nitrogens with one attached hydrogen (secondary N) is 2. The molecule has 4 nitrogen and oxygen atoms in total. The van der Waals surface area contributed by atoms with Gasteiger partial charge in [-0.2, -0.15) is 0 Å². The van der Waals surface area contributed by atoms with Crippen molar-refractivity contribution in [2.24, 2.45) is 0 Å². The van der Waals surface area contributed by atoms with Gasteiger partial charge in [0.05, 0.1) is 12.1 Å². The minimum atomic E-state index is 0.0119. The minimum Gasteiger partial charge on any atom is -0.378 e. The number of amides is 1. The molecule has 2 heterocycles. The van der Waals surface area contributed by atoms with E-state index in [1.165, 1.54) is 6.42 Å². The van der Waals surface area contributed by atoms with Crippen molar-refractivity contribution in [1.29, 1.82) is 0 Å². The van der Waals surface area contributed by atoms with Crippen molar-refractivity contribution < 1.29 is 9.53 Å². The van der Waals surface area contributed by atoms with Crippen LogP contribution in [0.15, 0.2) is 0 Å². The lowest BCUT2D eigenvalue weighted by molar-refractivity contribution is -0.123. The molecule has 0 radical (unpaired) electrons. The molecular formula is C14H26N2O2. The van der Waals surface area contributed by atoms with Crippen LogP contribution < -0.4 is 10.6 Å². The van der Waals surface area contributed by atoms with Crippen molar-refractivity contribution in [3.8, 4) is 0 Å². The predicted molar refractivity (Wildman–Crippen MR) is 71.5 cm³/mol. The molecule has 2 saturated heterocycles. The van der Waals surface area contributed by atoms with Crippen LogP contribution in [-0.2, 0) is 9.53 Å². The fraction of sp³-hybridized carbons (Fsp3) is 0.929. The first kappa shape index (κ1) is 13.8. The second kappa shape index (κ2) is 7.10. The monoisotopic (exact) mass is 254 g/mol. The van der Waals surface area contributed by atoms with Gasteiger partial charge in [-0.05, 0) is 38.5 Å². The Morgan fingerprint density at radius 3 is 3.11 bits per heavy atom. The summed E-state index contributed by atoms with van der Waals surface area (Å²) < 4.78 is 5.75. The van der Waals surface area contributed by atoms with Crippen molar-refractivity contribution in [2.75, 3.05) is 13.2 Å². The van der Waals surface area contributed by atoms with Crippen molar-refractivity contribution in [3.05, 3.63) is 0 Å². The molecule has 4 heteroatoms. The molecule has 1 amide bonds. The number of ether oxygens (including phenoxy) is 1. The van der Waals surface area contributed by atoms with Crippen molar-refractivity contribution in [1.82, 2.24) is 10.6 Å². The van der Waals surface area contributed by atoms with Gasteiger partial charge in [0.1, 0.15) is 0 Å². The number of carbonyl (C=O) groups excluding carboxylic acids is 1.